The number of aromatic carboxylic acids is 1. The Morgan fingerprint density at radius 2 is 0.598 bits per heavy atom. The predicted octanol–water partition coefficient (Wildman–Crippen LogP) is 9.52. The number of amides is 7. The second-order valence-electron chi connectivity index (χ2n) is 29.6. The Labute approximate surface area is 687 Å². The Morgan fingerprint density at radius 1 is 0.350 bits per heavy atom. The Hall–Kier alpha value is -12.6. The highest BCUT2D eigenvalue weighted by Crippen LogP contribution is 2.57. The number of fused-ring (bicyclic) bond motifs is 12. The molecule has 12 heterocycles. The molecular weight excluding hydrogens is 1560 g/mol. The van der Waals surface area contributed by atoms with E-state index in [-0.39, 0.29) is 103 Å². The molecule has 4 aliphatic heterocycles. The summed E-state index contributed by atoms with van der Waals surface area (Å²) in [5, 5.41) is 53.3. The van der Waals surface area contributed by atoms with Gasteiger partial charge in [0.05, 0.1) is 6.04 Å². The molecule has 4 aliphatic carbocycles. The number of carbonyl (C=O) groups is 8. The minimum absolute atomic E-state index is 0.0139. The zero-order chi connectivity index (χ0) is 81.1. The molecular formula is C84H78N20O9S4. The fourth-order valence-corrected chi connectivity index (χ4v) is 18.6. The number of rotatable bonds is 15. The first-order chi connectivity index (χ1) is 56.8. The summed E-state index contributed by atoms with van der Waals surface area (Å²) in [5.74, 6) is 2.12. The minimum atomic E-state index is -1.02. The van der Waals surface area contributed by atoms with Crippen molar-refractivity contribution < 1.29 is 43.5 Å². The van der Waals surface area contributed by atoms with Crippen LogP contribution in [0.25, 0.3) is 0 Å². The highest BCUT2D eigenvalue weighted by atomic mass is 32.1. The van der Waals surface area contributed by atoms with Crippen molar-refractivity contribution >= 4 is 116 Å². The van der Waals surface area contributed by atoms with E-state index in [9.17, 15) is 38.4 Å². The second-order valence-corrected chi connectivity index (χ2v) is 33.9. The number of likely N-dealkylation sites (N-methyl/N-ethyl adjacent to an activating group) is 4. The summed E-state index contributed by atoms with van der Waals surface area (Å²) in [6, 6.07) is 53.2. The van der Waals surface area contributed by atoms with E-state index in [0.29, 0.717) is 55.0 Å². The number of nitrogens with zero attached hydrogens (tertiary/aromatic N) is 16. The van der Waals surface area contributed by atoms with Crippen molar-refractivity contribution in [2.24, 2.45) is 29.4 Å². The van der Waals surface area contributed by atoms with Crippen LogP contribution in [-0.4, -0.2) is 166 Å². The molecule has 0 bridgehead atoms. The summed E-state index contributed by atoms with van der Waals surface area (Å²) in [4.78, 5) is 123. The minimum Gasteiger partial charge on any atom is -0.476 e. The van der Waals surface area contributed by atoms with Gasteiger partial charge in [0.2, 0.25) is 25.9 Å². The number of hydrogen-bond donors (Lipinski definition) is 5. The van der Waals surface area contributed by atoms with Crippen molar-refractivity contribution in [3.05, 3.63) is 279 Å². The molecule has 6 N–H and O–H groups in total. The van der Waals surface area contributed by atoms with Crippen LogP contribution in [0.3, 0.4) is 0 Å². The third kappa shape index (κ3) is 17.4. The van der Waals surface area contributed by atoms with Gasteiger partial charge < -0.3 is 26.8 Å². The lowest BCUT2D eigenvalue weighted by Crippen LogP contribution is -2.48. The molecule has 0 unspecified atom stereocenters. The zero-order valence-electron chi connectivity index (χ0n) is 63.6. The van der Waals surface area contributed by atoms with Crippen LogP contribution in [0.4, 0.5) is 23.3 Å². The van der Waals surface area contributed by atoms with Gasteiger partial charge in [0.1, 0.15) is 61.4 Å². The predicted molar refractivity (Wildman–Crippen MR) is 439 cm³/mol. The van der Waals surface area contributed by atoms with Crippen molar-refractivity contribution in [1.29, 1.82) is 0 Å². The van der Waals surface area contributed by atoms with Gasteiger partial charge in [0, 0.05) is 78.7 Å². The molecule has 33 heteroatoms. The maximum atomic E-state index is 13.0. The molecule has 12 atom stereocenters. The second kappa shape index (κ2) is 34.1. The number of nitrogens with two attached hydrogens (primary N) is 1. The van der Waals surface area contributed by atoms with Gasteiger partial charge in [-0.05, 0) is 142 Å². The van der Waals surface area contributed by atoms with Crippen LogP contribution < -0.4 is 41.3 Å². The molecule has 12 aromatic rings. The van der Waals surface area contributed by atoms with Crippen molar-refractivity contribution in [3.8, 4) is 0 Å². The van der Waals surface area contributed by atoms with Crippen LogP contribution in [0.1, 0.15) is 153 Å². The number of pyridine rings is 4. The Balaban J connectivity index is 0.000000112. The van der Waals surface area contributed by atoms with Crippen molar-refractivity contribution in [2.75, 3.05) is 47.8 Å². The highest BCUT2D eigenvalue weighted by Gasteiger charge is 2.56. The van der Waals surface area contributed by atoms with E-state index in [1.807, 2.05) is 164 Å². The lowest BCUT2D eigenvalue weighted by Gasteiger charge is -2.22. The molecule has 8 aliphatic rings. The smallest absolute Gasteiger partial charge is 0.367 e. The molecule has 0 saturated heterocycles. The number of hydrogen-bond acceptors (Lipinski definition) is 25. The standard InChI is InChI=1S/3C21H19N5O2S.C11H13N3O.C10H8N2O2S/c3*1-26-18-13(8-5-9-22-18)14-11-15(14)17(21(26)28)23-19(27)20-25-24-16(29-20)10-12-6-3-2-4-7-12;1-14-10-6(3-2-4-13-10)7-5-8(7)9(12)11(14)15;13-10(14)9-12-11-8(15-9)6-7-4-2-1-3-5-7/h3*2-9,14-15,17H,10-11H2,1H3,(H,23,27);2-4,7-9H,5,12H2,1H3;1-5H,6H2,(H,13,14)/t3*14-,15-,17-;7-,8-,9-;/m1000./s1. The number of benzene rings is 4. The SMILES string of the molecule is CN1C(=O)[C@@H](N)[C@H]2C[C@H]2c2cccnc21.CN1C(=O)[C@@H](NC(=O)c2nnc(Cc3ccccc3)s2)[C@H]2C[C@H]2c2cccnc21.CN1C(=O)[C@@H](NC(=O)c2nnc(Cc3ccccc3)s2)[C@H]2C[C@H]2c2cccnc21.CN1C(=O)[C@H](NC(=O)c2nnc(Cc3ccccc3)s2)[C@@H]2C[C@@H]2c2cccnc21.O=C(O)c1nnc(Cc2ccccc2)s1. The Bertz CT molecular complexity index is 5290. The van der Waals surface area contributed by atoms with Gasteiger partial charge in [-0.25, -0.2) is 24.7 Å². The van der Waals surface area contributed by atoms with Crippen molar-refractivity contribution in [2.45, 2.75) is 99.2 Å². The van der Waals surface area contributed by atoms with Crippen molar-refractivity contribution in [1.82, 2.24) is 76.7 Å². The number of carboxylic acids is 1. The molecule has 29 nitrogen and oxygen atoms in total. The molecule has 0 radical (unpaired) electrons. The van der Waals surface area contributed by atoms with Gasteiger partial charge in [-0.15, -0.1) is 40.8 Å². The van der Waals surface area contributed by atoms with Crippen LogP contribution in [-0.2, 0) is 44.9 Å². The third-order valence-electron chi connectivity index (χ3n) is 21.9. The Morgan fingerprint density at radius 3 is 0.872 bits per heavy atom. The summed E-state index contributed by atoms with van der Waals surface area (Å²) >= 11 is 4.90. The molecule has 0 spiro atoms. The fraction of sp³-hybridized carbons (Fsp3) is 0.286. The average molecular weight is 1640 g/mol. The quantitative estimate of drug-likeness (QED) is 0.0637. The molecule has 7 amide bonds. The van der Waals surface area contributed by atoms with E-state index in [4.69, 9.17) is 10.8 Å². The summed E-state index contributed by atoms with van der Waals surface area (Å²) in [5.41, 5.74) is 14.8. The van der Waals surface area contributed by atoms with E-state index in [0.717, 1.165) is 102 Å². The zero-order valence-corrected chi connectivity index (χ0v) is 66.9. The van der Waals surface area contributed by atoms with E-state index < -0.39 is 24.1 Å². The maximum Gasteiger partial charge on any atom is 0.367 e. The van der Waals surface area contributed by atoms with E-state index in [1.165, 1.54) is 39.6 Å². The number of carbonyl (C=O) groups excluding carboxylic acids is 7. The van der Waals surface area contributed by atoms with E-state index >= 15 is 0 Å². The Kier molecular flexibility index (Phi) is 22.8. The van der Waals surface area contributed by atoms with E-state index in [2.05, 4.69) is 82.7 Å². The van der Waals surface area contributed by atoms with Gasteiger partial charge in [0.25, 0.3) is 35.4 Å². The van der Waals surface area contributed by atoms with Gasteiger partial charge in [-0.3, -0.25) is 53.2 Å². The summed E-state index contributed by atoms with van der Waals surface area (Å²) in [6.07, 6.45) is 12.9. The highest BCUT2D eigenvalue weighted by molar-refractivity contribution is 7.14. The molecule has 20 rings (SSSR count). The first-order valence-corrected chi connectivity index (χ1v) is 41.3. The fourth-order valence-electron chi connectivity index (χ4n) is 15.6. The molecule has 592 valence electrons. The monoisotopic (exact) mass is 1640 g/mol. The number of aromatic nitrogens is 12. The number of nitrogens with one attached hydrogen (secondary N) is 3. The van der Waals surface area contributed by atoms with Gasteiger partial charge in [-0.2, -0.15) is 0 Å². The van der Waals surface area contributed by atoms with Gasteiger partial charge in [0.15, 0.2) is 0 Å². The van der Waals surface area contributed by atoms with Crippen LogP contribution in [0.5, 0.6) is 0 Å². The van der Waals surface area contributed by atoms with Gasteiger partial charge in [-0.1, -0.05) is 191 Å². The summed E-state index contributed by atoms with van der Waals surface area (Å²) in [6.45, 7) is 0. The molecule has 4 saturated carbocycles. The van der Waals surface area contributed by atoms with Crippen LogP contribution in [0.15, 0.2) is 195 Å². The first kappa shape index (κ1) is 78.3. The maximum absolute atomic E-state index is 13.0. The van der Waals surface area contributed by atoms with Crippen LogP contribution in [0.2, 0.25) is 0 Å². The first-order valence-electron chi connectivity index (χ1n) is 38.1. The van der Waals surface area contributed by atoms with Crippen molar-refractivity contribution in [3.63, 3.8) is 0 Å². The van der Waals surface area contributed by atoms with E-state index in [1.54, 1.807) is 72.6 Å². The van der Waals surface area contributed by atoms with Crippen LogP contribution in [0, 0.1) is 23.7 Å². The molecule has 4 fully saturated rings. The summed E-state index contributed by atoms with van der Waals surface area (Å²) in [7, 11) is 6.88. The topological polar surface area (TPSA) is 387 Å². The summed E-state index contributed by atoms with van der Waals surface area (Å²) < 4.78 is 0. The third-order valence-corrected chi connectivity index (χ3v) is 25.6. The molecule has 4 aromatic carbocycles. The lowest BCUT2D eigenvalue weighted by molar-refractivity contribution is -0.121. The molecule has 8 aromatic heterocycles. The lowest BCUT2D eigenvalue weighted by atomic mass is 10.1. The largest absolute Gasteiger partial charge is 0.476 e. The normalized spacial score (nSPS) is 22.2. The number of carboxylic acid groups (broad SMARTS) is 1. The van der Waals surface area contributed by atoms with Gasteiger partial charge >= 0.3 is 5.97 Å². The number of anilines is 4. The average Bonchev–Trinajstić information content (AvgIpc) is 1.61. The molecule has 117 heavy (non-hydrogen) atoms. The van der Waals surface area contributed by atoms with Crippen LogP contribution >= 0.6 is 45.3 Å².